The van der Waals surface area contributed by atoms with Crippen LogP contribution in [0.2, 0.25) is 0 Å². The highest BCUT2D eigenvalue weighted by molar-refractivity contribution is 7.45. The van der Waals surface area contributed by atoms with Crippen LogP contribution in [0.25, 0.3) is 0 Å². The molecule has 0 rings (SSSR count). The largest absolute Gasteiger partial charge is 0.756 e. The maximum atomic E-state index is 13.5. The number of nitrogens with one attached hydrogen (secondary N) is 1. The molecule has 0 fully saturated rings. The van der Waals surface area contributed by atoms with E-state index in [-0.39, 0.29) is 31.5 Å². The van der Waals surface area contributed by atoms with Crippen LogP contribution in [0.1, 0.15) is 329 Å². The first-order valence-corrected chi connectivity index (χ1v) is 33.5. The van der Waals surface area contributed by atoms with Gasteiger partial charge in [0.1, 0.15) is 19.3 Å². The van der Waals surface area contributed by atoms with Crippen molar-refractivity contribution in [1.29, 1.82) is 0 Å². The summed E-state index contributed by atoms with van der Waals surface area (Å²) in [5.41, 5.74) is 0. The lowest BCUT2D eigenvalue weighted by Crippen LogP contribution is -2.47. The van der Waals surface area contributed by atoms with Gasteiger partial charge >= 0.3 is 5.97 Å². The number of phosphoric ester groups is 1. The maximum absolute atomic E-state index is 13.5. The van der Waals surface area contributed by atoms with Crippen molar-refractivity contribution in [1.82, 2.24) is 5.32 Å². The Morgan fingerprint density at radius 1 is 0.466 bits per heavy atom. The van der Waals surface area contributed by atoms with Crippen molar-refractivity contribution >= 4 is 19.7 Å². The Bertz CT molecular complexity index is 1260. The summed E-state index contributed by atoms with van der Waals surface area (Å²) < 4.78 is 30.3. The van der Waals surface area contributed by atoms with Gasteiger partial charge in [0.15, 0.2) is 0 Å². The number of nitrogens with zero attached hydrogens (tertiary/aromatic N) is 1. The smallest absolute Gasteiger partial charge is 0.306 e. The van der Waals surface area contributed by atoms with Gasteiger partial charge in [0.2, 0.25) is 5.91 Å². The Kier molecular flexibility index (Phi) is 53.2. The molecular formula is C63H125N2O7P. The first-order chi connectivity index (χ1) is 35.4. The molecule has 0 heterocycles. The van der Waals surface area contributed by atoms with E-state index >= 15 is 0 Å². The number of amides is 1. The van der Waals surface area contributed by atoms with Gasteiger partial charge in [0, 0.05) is 12.8 Å². The number of esters is 1. The molecule has 3 unspecified atom stereocenters. The average Bonchev–Trinajstić information content (AvgIpc) is 3.35. The summed E-state index contributed by atoms with van der Waals surface area (Å²) in [6, 6.07) is -0.878. The van der Waals surface area contributed by atoms with E-state index in [0.717, 1.165) is 57.8 Å². The minimum Gasteiger partial charge on any atom is -0.756 e. The molecule has 3 atom stereocenters. The summed E-state index contributed by atoms with van der Waals surface area (Å²) in [5.74, 6) is -0.522. The molecule has 10 heteroatoms. The highest BCUT2D eigenvalue weighted by Crippen LogP contribution is 2.38. The zero-order valence-electron chi connectivity index (χ0n) is 49.6. The third-order valence-electron chi connectivity index (χ3n) is 14.7. The molecule has 434 valence electrons. The van der Waals surface area contributed by atoms with Gasteiger partial charge in [-0.3, -0.25) is 14.2 Å². The van der Waals surface area contributed by atoms with Crippen molar-refractivity contribution in [3.8, 4) is 0 Å². The highest BCUT2D eigenvalue weighted by Gasteiger charge is 2.27. The third-order valence-corrected chi connectivity index (χ3v) is 15.7. The Morgan fingerprint density at radius 3 is 1.12 bits per heavy atom. The number of quaternary nitrogens is 1. The first-order valence-electron chi connectivity index (χ1n) is 32.0. The minimum absolute atomic E-state index is 0.0170. The zero-order chi connectivity index (χ0) is 53.6. The zero-order valence-corrected chi connectivity index (χ0v) is 50.5. The number of allylic oxidation sites excluding steroid dienone is 1. The van der Waals surface area contributed by atoms with Crippen molar-refractivity contribution in [3.63, 3.8) is 0 Å². The Balaban J connectivity index is 4.95. The molecule has 0 aliphatic rings. The fourth-order valence-corrected chi connectivity index (χ4v) is 10.5. The van der Waals surface area contributed by atoms with Gasteiger partial charge in [0.05, 0.1) is 33.8 Å². The molecule has 0 saturated heterocycles. The second-order valence-corrected chi connectivity index (χ2v) is 24.7. The molecule has 1 N–H and O–H groups in total. The van der Waals surface area contributed by atoms with Crippen LogP contribution in [0, 0.1) is 0 Å². The third kappa shape index (κ3) is 55.3. The highest BCUT2D eigenvalue weighted by atomic mass is 31.2. The quantitative estimate of drug-likeness (QED) is 0.0212. The van der Waals surface area contributed by atoms with Crippen LogP contribution in [-0.4, -0.2) is 69.4 Å². The summed E-state index contributed by atoms with van der Waals surface area (Å²) in [7, 11) is 1.21. The van der Waals surface area contributed by atoms with Crippen LogP contribution in [0.4, 0.5) is 0 Å². The van der Waals surface area contributed by atoms with Crippen LogP contribution in [0.15, 0.2) is 12.2 Å². The Morgan fingerprint density at radius 2 is 0.781 bits per heavy atom. The predicted octanol–water partition coefficient (Wildman–Crippen LogP) is 18.9. The number of phosphoric acid groups is 1. The fourth-order valence-electron chi connectivity index (χ4n) is 9.76. The number of hydrogen-bond donors (Lipinski definition) is 1. The predicted molar refractivity (Wildman–Crippen MR) is 312 cm³/mol. The second kappa shape index (κ2) is 54.1. The van der Waals surface area contributed by atoms with Gasteiger partial charge in [-0.05, 0) is 31.8 Å². The van der Waals surface area contributed by atoms with Crippen molar-refractivity contribution in [2.45, 2.75) is 341 Å². The second-order valence-electron chi connectivity index (χ2n) is 23.3. The topological polar surface area (TPSA) is 114 Å². The van der Waals surface area contributed by atoms with E-state index in [9.17, 15) is 19.0 Å². The van der Waals surface area contributed by atoms with E-state index in [4.69, 9.17) is 13.8 Å². The van der Waals surface area contributed by atoms with Gasteiger partial charge in [0.25, 0.3) is 7.82 Å². The van der Waals surface area contributed by atoms with Gasteiger partial charge in [-0.25, -0.2) is 0 Å². The van der Waals surface area contributed by atoms with Gasteiger partial charge in [-0.1, -0.05) is 297 Å². The molecule has 0 spiro atoms. The molecule has 0 saturated carbocycles. The normalized spacial score (nSPS) is 13.7. The van der Waals surface area contributed by atoms with Crippen LogP contribution >= 0.6 is 7.82 Å². The minimum atomic E-state index is -4.68. The lowest BCUT2D eigenvalue weighted by Gasteiger charge is -2.30. The molecule has 0 radical (unpaired) electrons. The molecule has 0 aliphatic heterocycles. The number of carbonyl (C=O) groups excluding carboxylic acids is 2. The van der Waals surface area contributed by atoms with Gasteiger partial charge < -0.3 is 28.5 Å². The van der Waals surface area contributed by atoms with Crippen molar-refractivity contribution < 1.29 is 37.3 Å². The number of hydrogen-bond acceptors (Lipinski definition) is 7. The molecule has 0 aromatic rings. The summed E-state index contributed by atoms with van der Waals surface area (Å²) in [4.78, 5) is 39.9. The van der Waals surface area contributed by atoms with E-state index in [1.54, 1.807) is 0 Å². The Labute approximate surface area is 454 Å². The Hall–Kier alpha value is -1.25. The van der Waals surface area contributed by atoms with E-state index < -0.39 is 20.0 Å². The molecular weight excluding hydrogens is 928 g/mol. The molecule has 73 heavy (non-hydrogen) atoms. The average molecular weight is 1050 g/mol. The maximum Gasteiger partial charge on any atom is 0.306 e. The van der Waals surface area contributed by atoms with E-state index in [1.165, 1.54) is 238 Å². The summed E-state index contributed by atoms with van der Waals surface area (Å²) in [6.45, 7) is 6.88. The van der Waals surface area contributed by atoms with Crippen LogP contribution in [-0.2, 0) is 27.9 Å². The molecule has 0 aromatic carbocycles. The van der Waals surface area contributed by atoms with Crippen LogP contribution in [0.5, 0.6) is 0 Å². The monoisotopic (exact) mass is 1050 g/mol. The van der Waals surface area contributed by atoms with Crippen LogP contribution in [0.3, 0.4) is 0 Å². The number of rotatable bonds is 59. The molecule has 9 nitrogen and oxygen atoms in total. The van der Waals surface area contributed by atoms with Gasteiger partial charge in [-0.2, -0.15) is 0 Å². The van der Waals surface area contributed by atoms with E-state index in [2.05, 4.69) is 26.1 Å². The molecule has 0 aromatic heterocycles. The number of carbonyl (C=O) groups is 2. The fraction of sp³-hybridized carbons (Fsp3) is 0.937. The number of likely N-dealkylation sites (N-methyl/N-ethyl adjacent to an activating group) is 1. The molecule has 0 bridgehead atoms. The van der Waals surface area contributed by atoms with Crippen molar-refractivity contribution in [2.75, 3.05) is 40.9 Å². The molecule has 1 amide bonds. The lowest BCUT2D eigenvalue weighted by molar-refractivity contribution is -0.870. The number of unbranched alkanes of at least 4 members (excludes halogenated alkanes) is 43. The van der Waals surface area contributed by atoms with Crippen molar-refractivity contribution in [2.24, 2.45) is 0 Å². The summed E-state index contributed by atoms with van der Waals surface area (Å²) in [5, 5.41) is 3.03. The van der Waals surface area contributed by atoms with E-state index in [0.29, 0.717) is 17.4 Å². The first kappa shape index (κ1) is 71.8. The van der Waals surface area contributed by atoms with Crippen molar-refractivity contribution in [3.05, 3.63) is 12.2 Å². The number of ether oxygens (including phenoxy) is 1. The van der Waals surface area contributed by atoms with E-state index in [1.807, 2.05) is 33.3 Å². The summed E-state index contributed by atoms with van der Waals surface area (Å²) in [6.07, 6.45) is 62.0. The lowest BCUT2D eigenvalue weighted by atomic mass is 10.0. The molecule has 0 aliphatic carbocycles. The standard InChI is InChI=1S/C63H125N2O7P/c1-7-10-13-16-19-22-25-26-27-28-29-30-31-32-33-34-35-36-37-38-41-44-47-50-53-56-63(67)72-61(54-51-48-45-42-39-23-20-17-14-11-8-2)60(59-71-73(68,69)70-58-57-65(4,5)6)64-62(66)55-52-49-46-43-40-24-21-18-15-12-9-3/h51,54,60-61H,7-50,52-53,55-59H2,1-6H3,(H-,64,66,68,69)/b54-51-. The SMILES string of the molecule is CCCCCCCCCCC/C=C\C(OC(=O)CCCCCCCCCCCCCCCCCCCCCCCCCCC)C(COP(=O)([O-])OCC[N+](C)(C)C)NC(=O)CCCCCCCCCCCCC. The summed E-state index contributed by atoms with van der Waals surface area (Å²) >= 11 is 0. The van der Waals surface area contributed by atoms with Gasteiger partial charge in [-0.15, -0.1) is 0 Å². The van der Waals surface area contributed by atoms with Crippen LogP contribution < -0.4 is 10.2 Å².